The first-order chi connectivity index (χ1) is 12.6. The van der Waals surface area contributed by atoms with E-state index in [1.165, 1.54) is 0 Å². The zero-order valence-electron chi connectivity index (χ0n) is 14.2. The fourth-order valence-electron chi connectivity index (χ4n) is 2.73. The van der Waals surface area contributed by atoms with Crippen LogP contribution in [0.4, 0.5) is 0 Å². The van der Waals surface area contributed by atoms with E-state index in [4.69, 9.17) is 14.2 Å². The summed E-state index contributed by atoms with van der Waals surface area (Å²) in [5.74, 6) is -0.815. The van der Waals surface area contributed by atoms with Gasteiger partial charge >= 0.3 is 5.97 Å². The van der Waals surface area contributed by atoms with Gasteiger partial charge < -0.3 is 14.2 Å². The molecule has 0 spiro atoms. The Morgan fingerprint density at radius 1 is 1.08 bits per heavy atom. The fraction of sp³-hybridized carbons (Fsp3) is 0.300. The number of esters is 1. The molecular formula is C20H19BrO5. The predicted molar refractivity (Wildman–Crippen MR) is 98.9 cm³/mol. The van der Waals surface area contributed by atoms with Crippen molar-refractivity contribution in [3.8, 4) is 0 Å². The lowest BCUT2D eigenvalue weighted by atomic mass is 10.0. The van der Waals surface area contributed by atoms with Gasteiger partial charge in [0.05, 0.1) is 18.3 Å². The number of alkyl halides is 1. The quantitative estimate of drug-likeness (QED) is 0.549. The Kier molecular flexibility index (Phi) is 6.19. The zero-order chi connectivity index (χ0) is 18.5. The number of halogens is 1. The van der Waals surface area contributed by atoms with Crippen LogP contribution in [0.1, 0.15) is 22.8 Å². The van der Waals surface area contributed by atoms with Crippen molar-refractivity contribution in [2.75, 3.05) is 0 Å². The predicted octanol–water partition coefficient (Wildman–Crippen LogP) is 3.51. The van der Waals surface area contributed by atoms with E-state index in [2.05, 4.69) is 15.9 Å². The molecule has 1 fully saturated rings. The molecule has 0 N–H and O–H groups in total. The van der Waals surface area contributed by atoms with E-state index in [-0.39, 0.29) is 12.4 Å². The topological polar surface area (TPSA) is 61.8 Å². The van der Waals surface area contributed by atoms with E-state index in [1.807, 2.05) is 36.4 Å². The minimum absolute atomic E-state index is 0.239. The van der Waals surface area contributed by atoms with Crippen LogP contribution in [0.15, 0.2) is 60.7 Å². The van der Waals surface area contributed by atoms with E-state index in [9.17, 15) is 9.59 Å². The summed E-state index contributed by atoms with van der Waals surface area (Å²) in [5, 5.41) is -0.787. The van der Waals surface area contributed by atoms with Gasteiger partial charge in [-0.25, -0.2) is 4.79 Å². The van der Waals surface area contributed by atoms with Gasteiger partial charge in [0.15, 0.2) is 17.2 Å². The molecule has 0 bridgehead atoms. The summed E-state index contributed by atoms with van der Waals surface area (Å²) in [6.45, 7) is 1.99. The van der Waals surface area contributed by atoms with Crippen LogP contribution in [-0.2, 0) is 25.6 Å². The summed E-state index contributed by atoms with van der Waals surface area (Å²) in [5.41, 5.74) is 1.34. The number of hydrogen-bond donors (Lipinski definition) is 0. The van der Waals surface area contributed by atoms with Crippen molar-refractivity contribution in [2.24, 2.45) is 0 Å². The van der Waals surface area contributed by atoms with Crippen molar-refractivity contribution in [1.29, 1.82) is 0 Å². The molecule has 3 rings (SSSR count). The summed E-state index contributed by atoms with van der Waals surface area (Å²) in [6.07, 6.45) is -2.23. The lowest BCUT2D eigenvalue weighted by molar-refractivity contribution is -0.178. The molecular weight excluding hydrogens is 400 g/mol. The van der Waals surface area contributed by atoms with Crippen molar-refractivity contribution < 1.29 is 23.8 Å². The number of rotatable bonds is 5. The first-order valence-corrected chi connectivity index (χ1v) is 9.22. The van der Waals surface area contributed by atoms with Crippen molar-refractivity contribution in [3.05, 3.63) is 71.8 Å². The maximum absolute atomic E-state index is 12.5. The van der Waals surface area contributed by atoms with Crippen molar-refractivity contribution in [2.45, 2.75) is 36.9 Å². The Labute approximate surface area is 160 Å². The third-order valence-electron chi connectivity index (χ3n) is 4.12. The van der Waals surface area contributed by atoms with E-state index in [0.717, 1.165) is 5.56 Å². The highest BCUT2D eigenvalue weighted by molar-refractivity contribution is 9.09. The molecule has 1 aliphatic rings. The fourth-order valence-corrected chi connectivity index (χ4v) is 3.33. The molecule has 4 atom stereocenters. The van der Waals surface area contributed by atoms with Crippen molar-refractivity contribution >= 4 is 27.7 Å². The smallest absolute Gasteiger partial charge is 0.338 e. The van der Waals surface area contributed by atoms with Crippen LogP contribution >= 0.6 is 15.9 Å². The van der Waals surface area contributed by atoms with Gasteiger partial charge in [-0.3, -0.25) is 4.79 Å². The molecule has 1 aliphatic heterocycles. The molecule has 0 aromatic heterocycles. The first kappa shape index (κ1) is 18.8. The lowest BCUT2D eigenvalue weighted by Gasteiger charge is -2.36. The molecule has 2 aromatic carbocycles. The second-order valence-corrected chi connectivity index (χ2v) is 6.84. The molecule has 26 heavy (non-hydrogen) atoms. The molecule has 1 saturated heterocycles. The van der Waals surface area contributed by atoms with Crippen LogP contribution < -0.4 is 0 Å². The molecule has 0 saturated carbocycles. The summed E-state index contributed by atoms with van der Waals surface area (Å²) in [7, 11) is 0. The maximum atomic E-state index is 12.5. The third kappa shape index (κ3) is 4.38. The second-order valence-electron chi connectivity index (χ2n) is 6.01. The van der Waals surface area contributed by atoms with E-state index < -0.39 is 29.3 Å². The molecule has 2 aromatic rings. The van der Waals surface area contributed by atoms with Crippen LogP contribution in [-0.4, -0.2) is 35.1 Å². The number of hydrogen-bond acceptors (Lipinski definition) is 5. The largest absolute Gasteiger partial charge is 0.453 e. The summed E-state index contributed by atoms with van der Waals surface area (Å²) in [6, 6.07) is 18.1. The average Bonchev–Trinajstić information content (AvgIpc) is 2.67. The SMILES string of the molecule is C[C@@H]1O[C@@H](Br)C(=O)[C@H](OCc2ccccc2)[C@H]1OC(=O)c1ccccc1. The molecule has 136 valence electrons. The summed E-state index contributed by atoms with van der Waals surface area (Å²) < 4.78 is 17.0. The Bertz CT molecular complexity index is 749. The molecule has 0 radical (unpaired) electrons. The van der Waals surface area contributed by atoms with Gasteiger partial charge in [0.25, 0.3) is 0 Å². The van der Waals surface area contributed by atoms with Crippen LogP contribution in [0.5, 0.6) is 0 Å². The number of carbonyl (C=O) groups is 2. The molecule has 0 aliphatic carbocycles. The van der Waals surface area contributed by atoms with E-state index >= 15 is 0 Å². The Hall–Kier alpha value is -2.02. The molecule has 0 unspecified atom stereocenters. The Balaban J connectivity index is 1.75. The highest BCUT2D eigenvalue weighted by Crippen LogP contribution is 2.27. The summed E-state index contributed by atoms with van der Waals surface area (Å²) in [4.78, 5) is 24.9. The van der Waals surface area contributed by atoms with Gasteiger partial charge in [-0.2, -0.15) is 0 Å². The molecule has 0 amide bonds. The van der Waals surface area contributed by atoms with Crippen molar-refractivity contribution in [1.82, 2.24) is 0 Å². The van der Waals surface area contributed by atoms with Crippen LogP contribution in [0.25, 0.3) is 0 Å². The summed E-state index contributed by atoms with van der Waals surface area (Å²) >= 11 is 3.21. The number of Topliss-reactive ketones (excluding diaryl/α,β-unsaturated/α-hetero) is 1. The minimum atomic E-state index is -0.906. The molecule has 1 heterocycles. The number of ether oxygens (including phenoxy) is 3. The Morgan fingerprint density at radius 2 is 1.69 bits per heavy atom. The first-order valence-electron chi connectivity index (χ1n) is 8.31. The van der Waals surface area contributed by atoms with Crippen LogP contribution in [0.3, 0.4) is 0 Å². The highest BCUT2D eigenvalue weighted by atomic mass is 79.9. The number of benzene rings is 2. The second kappa shape index (κ2) is 8.58. The van der Waals surface area contributed by atoms with Gasteiger partial charge in [0.2, 0.25) is 5.78 Å². The van der Waals surface area contributed by atoms with Crippen LogP contribution in [0, 0.1) is 0 Å². The van der Waals surface area contributed by atoms with Crippen LogP contribution in [0.2, 0.25) is 0 Å². The molecule has 5 nitrogen and oxygen atoms in total. The number of carbonyl (C=O) groups excluding carboxylic acids is 2. The number of ketones is 1. The van der Waals surface area contributed by atoms with E-state index in [1.54, 1.807) is 31.2 Å². The van der Waals surface area contributed by atoms with E-state index in [0.29, 0.717) is 5.56 Å². The van der Waals surface area contributed by atoms with Gasteiger partial charge in [0, 0.05) is 0 Å². The van der Waals surface area contributed by atoms with Gasteiger partial charge in [-0.1, -0.05) is 48.5 Å². The standard InChI is InChI=1S/C20H19BrO5/c1-13-17(26-20(23)15-10-6-3-7-11-15)18(16(22)19(21)25-13)24-12-14-8-4-2-5-9-14/h2-11,13,17-19H,12H2,1H3/t13-,17-,18-,19+/m0/s1. The Morgan fingerprint density at radius 3 is 2.35 bits per heavy atom. The molecule has 6 heteroatoms. The van der Waals surface area contributed by atoms with Gasteiger partial charge in [-0.15, -0.1) is 0 Å². The monoisotopic (exact) mass is 418 g/mol. The van der Waals surface area contributed by atoms with Crippen molar-refractivity contribution in [3.63, 3.8) is 0 Å². The zero-order valence-corrected chi connectivity index (χ0v) is 15.8. The average molecular weight is 419 g/mol. The third-order valence-corrected chi connectivity index (χ3v) is 4.79. The normalized spacial score (nSPS) is 25.7. The highest BCUT2D eigenvalue weighted by Gasteiger charge is 2.45. The minimum Gasteiger partial charge on any atom is -0.453 e. The lowest BCUT2D eigenvalue weighted by Crippen LogP contribution is -2.55. The maximum Gasteiger partial charge on any atom is 0.338 e. The van der Waals surface area contributed by atoms with Gasteiger partial charge in [-0.05, 0) is 40.5 Å². The van der Waals surface area contributed by atoms with Gasteiger partial charge in [0.1, 0.15) is 0 Å².